The maximum absolute atomic E-state index is 14.0. The summed E-state index contributed by atoms with van der Waals surface area (Å²) < 4.78 is 17.1. The molecule has 0 amide bonds. The Bertz CT molecular complexity index is 1620. The highest BCUT2D eigenvalue weighted by Gasteiger charge is 2.39. The quantitative estimate of drug-likeness (QED) is 0.0613. The number of carbonyl (C=O) groups excluding carboxylic acids is 2. The zero-order valence-electron chi connectivity index (χ0n) is 25.4. The molecule has 11 heteroatoms. The molecule has 1 unspecified atom stereocenters. The largest absolute Gasteiger partial charge is 0.462 e. The number of rotatable bonds is 15. The minimum absolute atomic E-state index is 0.0000385. The van der Waals surface area contributed by atoms with Crippen molar-refractivity contribution in [3.05, 3.63) is 140 Å². The van der Waals surface area contributed by atoms with Gasteiger partial charge in [0.05, 0.1) is 55.1 Å². The molecule has 46 heavy (non-hydrogen) atoms. The van der Waals surface area contributed by atoms with E-state index in [1.54, 1.807) is 31.2 Å². The van der Waals surface area contributed by atoms with Crippen molar-refractivity contribution in [2.24, 2.45) is 5.11 Å². The van der Waals surface area contributed by atoms with Gasteiger partial charge in [0.25, 0.3) is 0 Å². The summed E-state index contributed by atoms with van der Waals surface area (Å²) in [5, 5.41) is 16.0. The molecular formula is C35H34ClN5O5. The molecule has 1 aliphatic heterocycles. The van der Waals surface area contributed by atoms with Crippen molar-refractivity contribution in [3.63, 3.8) is 0 Å². The Labute approximate surface area is 272 Å². The van der Waals surface area contributed by atoms with Gasteiger partial charge in [-0.2, -0.15) is 5.26 Å². The Balaban J connectivity index is 1.65. The van der Waals surface area contributed by atoms with Gasteiger partial charge in [-0.05, 0) is 47.7 Å². The molecule has 0 aliphatic carbocycles. The molecule has 0 spiro atoms. The predicted octanol–water partition coefficient (Wildman–Crippen LogP) is 7.10. The summed E-state index contributed by atoms with van der Waals surface area (Å²) in [4.78, 5) is 30.3. The standard InChI is InChI=1S/C35H34ClN5O5/c1-24-31(34(42)46-20-16-29(25-10-4-2-5-11-25)26-12-6-3-7-13-26)32(27-14-8-15-28(36)22-27)33(35(43)45-19-9-17-37)30(40-24)23-44-21-18-39-41-38/h2-8,10-15,22,29,32,40H,9,16,18-21,23H2,1H3. The first kappa shape index (κ1) is 33.8. The summed E-state index contributed by atoms with van der Waals surface area (Å²) in [6, 6.07) is 28.9. The first-order valence-corrected chi connectivity index (χ1v) is 15.2. The van der Waals surface area contributed by atoms with Crippen LogP contribution in [-0.2, 0) is 23.8 Å². The molecule has 10 nitrogen and oxygen atoms in total. The van der Waals surface area contributed by atoms with Crippen LogP contribution in [-0.4, -0.2) is 44.9 Å². The molecule has 1 aliphatic rings. The number of azide groups is 1. The second-order valence-electron chi connectivity index (χ2n) is 10.4. The van der Waals surface area contributed by atoms with Crippen molar-refractivity contribution in [1.29, 1.82) is 5.26 Å². The summed E-state index contributed by atoms with van der Waals surface area (Å²) in [7, 11) is 0. The van der Waals surface area contributed by atoms with E-state index in [2.05, 4.69) is 39.6 Å². The molecular weight excluding hydrogens is 606 g/mol. The van der Waals surface area contributed by atoms with Gasteiger partial charge >= 0.3 is 11.9 Å². The van der Waals surface area contributed by atoms with Crippen molar-refractivity contribution in [2.45, 2.75) is 31.6 Å². The van der Waals surface area contributed by atoms with Crippen LogP contribution in [0, 0.1) is 11.3 Å². The van der Waals surface area contributed by atoms with Crippen LogP contribution in [0.15, 0.2) is 113 Å². The third-order valence-corrected chi connectivity index (χ3v) is 7.64. The highest BCUT2D eigenvalue weighted by molar-refractivity contribution is 6.30. The average molecular weight is 640 g/mol. The van der Waals surface area contributed by atoms with E-state index in [1.165, 1.54) is 0 Å². The zero-order chi connectivity index (χ0) is 32.7. The predicted molar refractivity (Wildman–Crippen MR) is 173 cm³/mol. The van der Waals surface area contributed by atoms with Crippen molar-refractivity contribution in [3.8, 4) is 6.07 Å². The second kappa shape index (κ2) is 17.4. The van der Waals surface area contributed by atoms with Gasteiger partial charge in [0.2, 0.25) is 0 Å². The Hall–Kier alpha value is -5.07. The molecule has 0 bridgehead atoms. The lowest BCUT2D eigenvalue weighted by Crippen LogP contribution is -2.35. The topological polar surface area (TPSA) is 146 Å². The van der Waals surface area contributed by atoms with E-state index in [1.807, 2.05) is 42.5 Å². The van der Waals surface area contributed by atoms with Crippen molar-refractivity contribution in [2.75, 3.05) is 33.0 Å². The number of nitriles is 1. The Kier molecular flexibility index (Phi) is 12.8. The number of hydrogen-bond acceptors (Lipinski definition) is 8. The molecule has 3 aromatic rings. The number of hydrogen-bond donors (Lipinski definition) is 1. The summed E-state index contributed by atoms with van der Waals surface area (Å²) in [6.45, 7) is 1.86. The fourth-order valence-electron chi connectivity index (χ4n) is 5.38. The molecule has 1 N–H and O–H groups in total. The first-order chi connectivity index (χ1) is 22.4. The van der Waals surface area contributed by atoms with Gasteiger partial charge in [0.15, 0.2) is 0 Å². The lowest BCUT2D eigenvalue weighted by molar-refractivity contribution is -0.140. The van der Waals surface area contributed by atoms with Crippen molar-refractivity contribution >= 4 is 23.5 Å². The summed E-state index contributed by atoms with van der Waals surface area (Å²) >= 11 is 6.38. The highest BCUT2D eigenvalue weighted by Crippen LogP contribution is 2.40. The molecule has 0 aromatic heterocycles. The second-order valence-corrected chi connectivity index (χ2v) is 10.8. The number of halogens is 1. The Morgan fingerprint density at radius 2 is 1.61 bits per heavy atom. The fraction of sp³-hybridized carbons (Fsp3) is 0.286. The maximum atomic E-state index is 14.0. The van der Waals surface area contributed by atoms with Crippen LogP contribution in [0.1, 0.15) is 48.3 Å². The van der Waals surface area contributed by atoms with E-state index in [4.69, 9.17) is 36.6 Å². The first-order valence-electron chi connectivity index (χ1n) is 14.8. The number of carbonyl (C=O) groups is 2. The molecule has 4 rings (SSSR count). The smallest absolute Gasteiger partial charge is 0.336 e. The van der Waals surface area contributed by atoms with Crippen LogP contribution in [0.5, 0.6) is 0 Å². The lowest BCUT2D eigenvalue weighted by atomic mass is 9.80. The van der Waals surface area contributed by atoms with Crippen LogP contribution < -0.4 is 5.32 Å². The number of nitrogens with zero attached hydrogens (tertiary/aromatic N) is 4. The van der Waals surface area contributed by atoms with Crippen molar-refractivity contribution in [1.82, 2.24) is 5.32 Å². The molecule has 3 aromatic carbocycles. The molecule has 236 valence electrons. The van der Waals surface area contributed by atoms with Crippen LogP contribution in [0.3, 0.4) is 0 Å². The van der Waals surface area contributed by atoms with Gasteiger partial charge in [-0.25, -0.2) is 9.59 Å². The van der Waals surface area contributed by atoms with Gasteiger partial charge in [-0.3, -0.25) is 0 Å². The zero-order valence-corrected chi connectivity index (χ0v) is 26.2. The number of allylic oxidation sites excluding steroid dienone is 1. The number of benzene rings is 3. The van der Waals surface area contributed by atoms with Gasteiger partial charge in [-0.1, -0.05) is 89.5 Å². The van der Waals surface area contributed by atoms with E-state index >= 15 is 0 Å². The molecule has 0 fully saturated rings. The van der Waals surface area contributed by atoms with Crippen LogP contribution in [0.25, 0.3) is 10.4 Å². The number of ether oxygens (including phenoxy) is 3. The molecule has 1 heterocycles. The average Bonchev–Trinajstić information content (AvgIpc) is 3.07. The minimum atomic E-state index is -0.906. The van der Waals surface area contributed by atoms with Gasteiger partial charge in [0.1, 0.15) is 6.61 Å². The van der Waals surface area contributed by atoms with E-state index in [0.717, 1.165) is 11.1 Å². The van der Waals surface area contributed by atoms with Gasteiger partial charge in [-0.15, -0.1) is 0 Å². The van der Waals surface area contributed by atoms with E-state index in [9.17, 15) is 9.59 Å². The minimum Gasteiger partial charge on any atom is -0.462 e. The Morgan fingerprint density at radius 1 is 0.957 bits per heavy atom. The summed E-state index contributed by atoms with van der Waals surface area (Å²) in [5.74, 6) is -2.22. The Morgan fingerprint density at radius 3 is 2.24 bits per heavy atom. The van der Waals surface area contributed by atoms with Crippen LogP contribution >= 0.6 is 11.6 Å². The van der Waals surface area contributed by atoms with Crippen LogP contribution in [0.4, 0.5) is 0 Å². The number of nitrogens with one attached hydrogen (secondary N) is 1. The SMILES string of the molecule is CC1=C(C(=O)OCCC(c2ccccc2)c2ccccc2)C(c2cccc(Cl)c2)C(C(=O)OCCC#N)=C(COCCN=[N+]=[N-])N1. The van der Waals surface area contributed by atoms with E-state index < -0.39 is 17.9 Å². The normalized spacial score (nSPS) is 14.3. The van der Waals surface area contributed by atoms with Crippen molar-refractivity contribution < 1.29 is 23.8 Å². The molecule has 0 radical (unpaired) electrons. The highest BCUT2D eigenvalue weighted by atomic mass is 35.5. The third kappa shape index (κ3) is 8.99. The van der Waals surface area contributed by atoms with Crippen LogP contribution in [0.2, 0.25) is 5.02 Å². The monoisotopic (exact) mass is 639 g/mol. The van der Waals surface area contributed by atoms with E-state index in [-0.39, 0.29) is 56.5 Å². The maximum Gasteiger partial charge on any atom is 0.336 e. The fourth-order valence-corrected chi connectivity index (χ4v) is 5.58. The lowest BCUT2D eigenvalue weighted by Gasteiger charge is -2.31. The van der Waals surface area contributed by atoms with Gasteiger partial charge < -0.3 is 19.5 Å². The molecule has 0 saturated heterocycles. The summed E-state index contributed by atoms with van der Waals surface area (Å²) in [6.07, 6.45) is 0.532. The molecule has 1 atom stereocenters. The van der Waals surface area contributed by atoms with E-state index in [0.29, 0.717) is 28.4 Å². The van der Waals surface area contributed by atoms with Gasteiger partial charge in [0, 0.05) is 28.1 Å². The third-order valence-electron chi connectivity index (χ3n) is 7.40. The number of esters is 2. The summed E-state index contributed by atoms with van der Waals surface area (Å²) in [5.41, 5.74) is 12.6. The molecule has 0 saturated carbocycles. The number of dihydropyridines is 1.